The van der Waals surface area contributed by atoms with E-state index in [4.69, 9.17) is 14.7 Å². The Bertz CT molecular complexity index is 451. The molecule has 0 radical (unpaired) electrons. The highest BCUT2D eigenvalue weighted by Gasteiger charge is 2.22. The predicted molar refractivity (Wildman–Crippen MR) is 64.2 cm³/mol. The van der Waals surface area contributed by atoms with Crippen molar-refractivity contribution in [3.8, 4) is 17.6 Å². The van der Waals surface area contributed by atoms with Crippen molar-refractivity contribution in [3.05, 3.63) is 23.3 Å². The van der Waals surface area contributed by atoms with E-state index in [1.54, 1.807) is 7.11 Å². The third-order valence-electron chi connectivity index (χ3n) is 2.91. The number of rotatable bonds is 3. The summed E-state index contributed by atoms with van der Waals surface area (Å²) in [7, 11) is 1.63. The Balaban J connectivity index is 2.46. The second kappa shape index (κ2) is 5.07. The monoisotopic (exact) mass is 232 g/mol. The van der Waals surface area contributed by atoms with Crippen molar-refractivity contribution < 1.29 is 9.47 Å². The molecule has 1 aliphatic rings. The Morgan fingerprint density at radius 3 is 2.94 bits per heavy atom. The molecule has 0 saturated heterocycles. The van der Waals surface area contributed by atoms with Crippen molar-refractivity contribution in [1.82, 2.24) is 5.32 Å². The fraction of sp³-hybridized carbons (Fsp3) is 0.462. The number of nitrogens with zero attached hydrogens (tertiary/aromatic N) is 1. The van der Waals surface area contributed by atoms with Gasteiger partial charge in [0.25, 0.3) is 0 Å². The molecule has 1 heterocycles. The van der Waals surface area contributed by atoms with Crippen molar-refractivity contribution in [1.29, 1.82) is 5.26 Å². The summed E-state index contributed by atoms with van der Waals surface area (Å²) in [5.74, 6) is 1.45. The van der Waals surface area contributed by atoms with E-state index >= 15 is 0 Å². The van der Waals surface area contributed by atoms with Crippen LogP contribution in [0.1, 0.15) is 24.1 Å². The minimum absolute atomic E-state index is 0.246. The van der Waals surface area contributed by atoms with Crippen molar-refractivity contribution in [2.75, 3.05) is 20.3 Å². The van der Waals surface area contributed by atoms with E-state index in [1.165, 1.54) is 0 Å². The van der Waals surface area contributed by atoms with Crippen LogP contribution in [0.4, 0.5) is 0 Å². The second-order valence-corrected chi connectivity index (χ2v) is 3.90. The van der Waals surface area contributed by atoms with E-state index in [-0.39, 0.29) is 6.04 Å². The molecule has 0 aromatic heterocycles. The number of methoxy groups -OCH3 is 1. The van der Waals surface area contributed by atoms with Gasteiger partial charge in [0.15, 0.2) is 11.5 Å². The van der Waals surface area contributed by atoms with E-state index in [1.807, 2.05) is 19.1 Å². The van der Waals surface area contributed by atoms with Crippen LogP contribution in [0.15, 0.2) is 12.1 Å². The fourth-order valence-electron chi connectivity index (χ4n) is 2.11. The molecule has 1 N–H and O–H groups in total. The summed E-state index contributed by atoms with van der Waals surface area (Å²) in [6, 6.07) is 5.91. The summed E-state index contributed by atoms with van der Waals surface area (Å²) in [5.41, 5.74) is 2.17. The Hall–Kier alpha value is -1.73. The molecule has 0 saturated carbocycles. The maximum atomic E-state index is 9.10. The molecule has 1 aromatic carbocycles. The topological polar surface area (TPSA) is 54.3 Å². The van der Waals surface area contributed by atoms with Gasteiger partial charge in [0.05, 0.1) is 19.8 Å². The first-order chi connectivity index (χ1) is 8.30. The molecule has 1 aliphatic heterocycles. The van der Waals surface area contributed by atoms with Crippen LogP contribution >= 0.6 is 0 Å². The van der Waals surface area contributed by atoms with Crippen molar-refractivity contribution in [2.24, 2.45) is 0 Å². The summed E-state index contributed by atoms with van der Waals surface area (Å²) in [6.45, 7) is 3.33. The molecular weight excluding hydrogens is 216 g/mol. The average molecular weight is 232 g/mol. The molecule has 0 spiro atoms. The predicted octanol–water partition coefficient (Wildman–Crippen LogP) is 1.80. The number of nitriles is 1. The zero-order valence-electron chi connectivity index (χ0n) is 10.1. The first-order valence-electron chi connectivity index (χ1n) is 5.76. The molecule has 4 nitrogen and oxygen atoms in total. The Kier molecular flexibility index (Phi) is 3.50. The zero-order valence-corrected chi connectivity index (χ0v) is 10.1. The largest absolute Gasteiger partial charge is 0.493 e. The first kappa shape index (κ1) is 11.7. The van der Waals surface area contributed by atoms with Gasteiger partial charge in [0.2, 0.25) is 0 Å². The quantitative estimate of drug-likeness (QED) is 0.863. The molecule has 0 amide bonds. The lowest BCUT2D eigenvalue weighted by atomic mass is 9.94. The van der Waals surface area contributed by atoms with Crippen molar-refractivity contribution in [3.63, 3.8) is 0 Å². The van der Waals surface area contributed by atoms with Crippen LogP contribution in [0.25, 0.3) is 0 Å². The van der Waals surface area contributed by atoms with Crippen LogP contribution in [0, 0.1) is 11.3 Å². The van der Waals surface area contributed by atoms with Gasteiger partial charge >= 0.3 is 0 Å². The lowest BCUT2D eigenvalue weighted by Crippen LogP contribution is -2.28. The van der Waals surface area contributed by atoms with Gasteiger partial charge in [-0.15, -0.1) is 0 Å². The summed E-state index contributed by atoms with van der Waals surface area (Å²) in [5, 5.41) is 12.3. The van der Waals surface area contributed by atoms with Gasteiger partial charge in [-0.05, 0) is 36.6 Å². The number of hydrogen-bond donors (Lipinski definition) is 1. The number of nitrogens with one attached hydrogen (secondary N) is 1. The zero-order chi connectivity index (χ0) is 12.3. The first-order valence-corrected chi connectivity index (χ1v) is 5.76. The third-order valence-corrected chi connectivity index (χ3v) is 2.91. The molecule has 0 bridgehead atoms. The smallest absolute Gasteiger partial charge is 0.161 e. The fourth-order valence-corrected chi connectivity index (χ4v) is 2.11. The van der Waals surface area contributed by atoms with Crippen LogP contribution in [0.3, 0.4) is 0 Å². The summed E-state index contributed by atoms with van der Waals surface area (Å²) < 4.78 is 10.8. The van der Waals surface area contributed by atoms with E-state index in [2.05, 4.69) is 11.4 Å². The van der Waals surface area contributed by atoms with Crippen LogP contribution in [-0.4, -0.2) is 20.3 Å². The van der Waals surface area contributed by atoms with E-state index in [9.17, 15) is 0 Å². The highest BCUT2D eigenvalue weighted by Crippen LogP contribution is 2.35. The van der Waals surface area contributed by atoms with Crippen LogP contribution in [0.5, 0.6) is 11.5 Å². The van der Waals surface area contributed by atoms with Gasteiger partial charge in [-0.1, -0.05) is 0 Å². The van der Waals surface area contributed by atoms with Gasteiger partial charge < -0.3 is 9.47 Å². The van der Waals surface area contributed by atoms with Crippen molar-refractivity contribution in [2.45, 2.75) is 19.4 Å². The highest BCUT2D eigenvalue weighted by atomic mass is 16.5. The van der Waals surface area contributed by atoms with Gasteiger partial charge in [0, 0.05) is 6.54 Å². The molecular formula is C13H16N2O2. The normalized spacial score (nSPS) is 18.1. The summed E-state index contributed by atoms with van der Waals surface area (Å²) >= 11 is 0. The number of ether oxygens (including phenoxy) is 2. The van der Waals surface area contributed by atoms with Crippen LogP contribution < -0.4 is 14.8 Å². The molecule has 4 heteroatoms. The molecule has 1 aromatic rings. The van der Waals surface area contributed by atoms with E-state index in [0.29, 0.717) is 12.4 Å². The maximum absolute atomic E-state index is 9.10. The number of hydrogen-bond acceptors (Lipinski definition) is 4. The van der Waals surface area contributed by atoms with Gasteiger partial charge in [-0.3, -0.25) is 5.32 Å². The van der Waals surface area contributed by atoms with E-state index in [0.717, 1.165) is 29.8 Å². The molecule has 17 heavy (non-hydrogen) atoms. The molecule has 1 unspecified atom stereocenters. The van der Waals surface area contributed by atoms with Gasteiger partial charge in [0.1, 0.15) is 6.04 Å². The molecule has 90 valence electrons. The number of benzene rings is 1. The minimum Gasteiger partial charge on any atom is -0.493 e. The Labute approximate surface area is 101 Å². The molecule has 2 rings (SSSR count). The lowest BCUT2D eigenvalue weighted by molar-refractivity contribution is 0.309. The number of fused-ring (bicyclic) bond motifs is 1. The standard InChI is InChI=1S/C13H16N2O2/c1-3-17-13-7-10-9(6-12(13)16-2)4-5-15-11(10)8-14/h6-7,11,15H,3-5H2,1-2H3. The SMILES string of the molecule is CCOc1cc2c(cc1OC)CCNC2C#N. The molecule has 0 fully saturated rings. The Morgan fingerprint density at radius 1 is 1.47 bits per heavy atom. The van der Waals surface area contributed by atoms with Crippen LogP contribution in [-0.2, 0) is 6.42 Å². The van der Waals surface area contributed by atoms with Gasteiger partial charge in [-0.2, -0.15) is 5.26 Å². The molecule has 1 atom stereocenters. The van der Waals surface area contributed by atoms with E-state index < -0.39 is 0 Å². The van der Waals surface area contributed by atoms with Crippen molar-refractivity contribution >= 4 is 0 Å². The highest BCUT2D eigenvalue weighted by molar-refractivity contribution is 5.50. The van der Waals surface area contributed by atoms with Crippen LogP contribution in [0.2, 0.25) is 0 Å². The summed E-state index contributed by atoms with van der Waals surface area (Å²) in [4.78, 5) is 0. The summed E-state index contributed by atoms with van der Waals surface area (Å²) in [6.07, 6.45) is 0.913. The minimum atomic E-state index is -0.246. The Morgan fingerprint density at radius 2 is 2.29 bits per heavy atom. The molecule has 0 aliphatic carbocycles. The third kappa shape index (κ3) is 2.20. The van der Waals surface area contributed by atoms with Gasteiger partial charge in [-0.25, -0.2) is 0 Å². The average Bonchev–Trinajstić information content (AvgIpc) is 2.37. The maximum Gasteiger partial charge on any atom is 0.161 e. The second-order valence-electron chi connectivity index (χ2n) is 3.90. The lowest BCUT2D eigenvalue weighted by Gasteiger charge is -2.23.